The van der Waals surface area contributed by atoms with Crippen molar-refractivity contribution in [1.82, 2.24) is 5.32 Å². The van der Waals surface area contributed by atoms with Gasteiger partial charge in [-0.3, -0.25) is 4.79 Å². The summed E-state index contributed by atoms with van der Waals surface area (Å²) in [6.45, 7) is 1.54. The first-order chi connectivity index (χ1) is 8.66. The molecule has 98 valence electrons. The van der Waals surface area contributed by atoms with Gasteiger partial charge in [0.25, 0.3) is 5.91 Å². The zero-order valence-corrected chi connectivity index (χ0v) is 10.5. The highest BCUT2D eigenvalue weighted by Crippen LogP contribution is 2.20. The van der Waals surface area contributed by atoms with Crippen molar-refractivity contribution < 1.29 is 13.9 Å². The van der Waals surface area contributed by atoms with Crippen molar-refractivity contribution >= 4 is 5.91 Å². The summed E-state index contributed by atoms with van der Waals surface area (Å²) in [5, 5.41) is 2.90. The van der Waals surface area contributed by atoms with E-state index in [4.69, 9.17) is 4.74 Å². The summed E-state index contributed by atoms with van der Waals surface area (Å²) in [5.74, 6) is -0.439. The smallest absolute Gasteiger partial charge is 0.258 e. The van der Waals surface area contributed by atoms with Gasteiger partial charge in [-0.15, -0.1) is 0 Å². The molecule has 0 atom stereocenters. The second kappa shape index (κ2) is 5.85. The Morgan fingerprint density at radius 3 is 2.89 bits per heavy atom. The highest BCUT2D eigenvalue weighted by molar-refractivity contribution is 5.77. The molecule has 0 aliphatic heterocycles. The predicted molar refractivity (Wildman–Crippen MR) is 67.0 cm³/mol. The van der Waals surface area contributed by atoms with E-state index in [-0.39, 0.29) is 24.3 Å². The average molecular weight is 251 g/mol. The first-order valence-electron chi connectivity index (χ1n) is 6.34. The second-order valence-corrected chi connectivity index (χ2v) is 4.72. The first kappa shape index (κ1) is 12.9. The molecule has 0 heterocycles. The Balaban J connectivity index is 1.83. The Morgan fingerprint density at radius 1 is 1.44 bits per heavy atom. The molecule has 2 rings (SSSR count). The number of nitrogens with one attached hydrogen (secondary N) is 1. The Morgan fingerprint density at radius 2 is 2.17 bits per heavy atom. The lowest BCUT2D eigenvalue weighted by Gasteiger charge is -2.13. The summed E-state index contributed by atoms with van der Waals surface area (Å²) in [4.78, 5) is 11.6. The summed E-state index contributed by atoms with van der Waals surface area (Å²) >= 11 is 0. The predicted octanol–water partition coefficient (Wildman–Crippen LogP) is 2.57. The number of halogens is 1. The largest absolute Gasteiger partial charge is 0.481 e. The van der Waals surface area contributed by atoms with Gasteiger partial charge in [0.2, 0.25) is 0 Å². The summed E-state index contributed by atoms with van der Waals surface area (Å²) in [6, 6.07) is 5.18. The molecule has 0 spiro atoms. The molecule has 4 heteroatoms. The molecular formula is C14H18FNO2. The van der Waals surface area contributed by atoms with Crippen LogP contribution in [0.25, 0.3) is 0 Å². The molecule has 1 aliphatic carbocycles. The minimum absolute atomic E-state index is 0.128. The molecule has 1 aromatic rings. The molecule has 1 aromatic carbocycles. The van der Waals surface area contributed by atoms with Crippen molar-refractivity contribution in [3.63, 3.8) is 0 Å². The van der Waals surface area contributed by atoms with Crippen LogP contribution in [-0.2, 0) is 4.79 Å². The second-order valence-electron chi connectivity index (χ2n) is 4.72. The molecule has 0 unspecified atom stereocenters. The van der Waals surface area contributed by atoms with Gasteiger partial charge in [0.05, 0.1) is 0 Å². The molecule has 3 nitrogen and oxygen atoms in total. The molecule has 1 aliphatic rings. The maximum atomic E-state index is 13.6. The van der Waals surface area contributed by atoms with Crippen LogP contribution in [0.15, 0.2) is 18.2 Å². The number of carbonyl (C=O) groups excluding carboxylic acids is 1. The number of carbonyl (C=O) groups is 1. The SMILES string of the molecule is Cc1cccc(OCC(=O)NC2CCCC2)c1F. The van der Waals surface area contributed by atoms with Crippen LogP contribution < -0.4 is 10.1 Å². The molecule has 1 fully saturated rings. The number of aryl methyl sites for hydroxylation is 1. The summed E-state index contributed by atoms with van der Waals surface area (Å²) in [5.41, 5.74) is 0.517. The van der Waals surface area contributed by atoms with Gasteiger partial charge in [-0.25, -0.2) is 4.39 Å². The van der Waals surface area contributed by atoms with E-state index in [0.717, 1.165) is 25.7 Å². The topological polar surface area (TPSA) is 38.3 Å². The third-order valence-corrected chi connectivity index (χ3v) is 3.24. The monoisotopic (exact) mass is 251 g/mol. The zero-order chi connectivity index (χ0) is 13.0. The molecule has 1 saturated carbocycles. The van der Waals surface area contributed by atoms with E-state index in [1.54, 1.807) is 19.1 Å². The molecule has 0 aromatic heterocycles. The Kier molecular flexibility index (Phi) is 4.18. The van der Waals surface area contributed by atoms with E-state index in [2.05, 4.69) is 5.32 Å². The lowest BCUT2D eigenvalue weighted by atomic mass is 10.2. The van der Waals surface area contributed by atoms with Crippen LogP contribution in [-0.4, -0.2) is 18.6 Å². The molecule has 1 amide bonds. The van der Waals surface area contributed by atoms with Gasteiger partial charge in [0.15, 0.2) is 18.2 Å². The van der Waals surface area contributed by atoms with Crippen LogP contribution in [0.4, 0.5) is 4.39 Å². The molecule has 18 heavy (non-hydrogen) atoms. The van der Waals surface area contributed by atoms with Crippen LogP contribution in [0.2, 0.25) is 0 Å². The Bertz CT molecular complexity index is 428. The average Bonchev–Trinajstić information content (AvgIpc) is 2.84. The number of hydrogen-bond acceptors (Lipinski definition) is 2. The van der Waals surface area contributed by atoms with Gasteiger partial charge in [0.1, 0.15) is 0 Å². The summed E-state index contributed by atoms with van der Waals surface area (Å²) < 4.78 is 18.8. The quantitative estimate of drug-likeness (QED) is 0.893. The third-order valence-electron chi connectivity index (χ3n) is 3.24. The Hall–Kier alpha value is -1.58. The van der Waals surface area contributed by atoms with Crippen LogP contribution in [0.3, 0.4) is 0 Å². The van der Waals surface area contributed by atoms with E-state index in [9.17, 15) is 9.18 Å². The maximum absolute atomic E-state index is 13.6. The first-order valence-corrected chi connectivity index (χ1v) is 6.34. The number of ether oxygens (including phenoxy) is 1. The van der Waals surface area contributed by atoms with Crippen LogP contribution >= 0.6 is 0 Å². The number of hydrogen-bond donors (Lipinski definition) is 1. The lowest BCUT2D eigenvalue weighted by Crippen LogP contribution is -2.36. The van der Waals surface area contributed by atoms with E-state index in [0.29, 0.717) is 5.56 Å². The van der Waals surface area contributed by atoms with Crippen molar-refractivity contribution in [3.05, 3.63) is 29.6 Å². The fourth-order valence-electron chi connectivity index (χ4n) is 2.21. The summed E-state index contributed by atoms with van der Waals surface area (Å²) in [6.07, 6.45) is 4.39. The minimum Gasteiger partial charge on any atom is -0.481 e. The Labute approximate surface area is 106 Å². The summed E-state index contributed by atoms with van der Waals surface area (Å²) in [7, 11) is 0. The maximum Gasteiger partial charge on any atom is 0.258 e. The van der Waals surface area contributed by atoms with Gasteiger partial charge in [0, 0.05) is 6.04 Å². The van der Waals surface area contributed by atoms with Crippen molar-refractivity contribution in [2.24, 2.45) is 0 Å². The van der Waals surface area contributed by atoms with Crippen molar-refractivity contribution in [1.29, 1.82) is 0 Å². The highest BCUT2D eigenvalue weighted by Gasteiger charge is 2.17. The van der Waals surface area contributed by atoms with E-state index in [1.165, 1.54) is 6.07 Å². The molecular weight excluding hydrogens is 233 g/mol. The third kappa shape index (κ3) is 3.22. The van der Waals surface area contributed by atoms with Gasteiger partial charge < -0.3 is 10.1 Å². The van der Waals surface area contributed by atoms with Crippen molar-refractivity contribution in [2.45, 2.75) is 38.6 Å². The molecule has 0 radical (unpaired) electrons. The van der Waals surface area contributed by atoms with Gasteiger partial charge in [-0.2, -0.15) is 0 Å². The van der Waals surface area contributed by atoms with Crippen LogP contribution in [0.1, 0.15) is 31.2 Å². The number of amides is 1. The number of rotatable bonds is 4. The minimum atomic E-state index is -0.397. The van der Waals surface area contributed by atoms with Crippen molar-refractivity contribution in [2.75, 3.05) is 6.61 Å². The van der Waals surface area contributed by atoms with Gasteiger partial charge >= 0.3 is 0 Å². The molecule has 1 N–H and O–H groups in total. The lowest BCUT2D eigenvalue weighted by molar-refractivity contribution is -0.123. The molecule has 0 saturated heterocycles. The van der Waals surface area contributed by atoms with Gasteiger partial charge in [-0.05, 0) is 31.4 Å². The highest BCUT2D eigenvalue weighted by atomic mass is 19.1. The van der Waals surface area contributed by atoms with Crippen molar-refractivity contribution in [3.8, 4) is 5.75 Å². The van der Waals surface area contributed by atoms with Crippen LogP contribution in [0.5, 0.6) is 5.75 Å². The number of benzene rings is 1. The van der Waals surface area contributed by atoms with Crippen LogP contribution in [0, 0.1) is 12.7 Å². The fraction of sp³-hybridized carbons (Fsp3) is 0.500. The van der Waals surface area contributed by atoms with Gasteiger partial charge in [-0.1, -0.05) is 25.0 Å². The normalized spacial score (nSPS) is 15.7. The molecule has 0 bridgehead atoms. The fourth-order valence-corrected chi connectivity index (χ4v) is 2.21. The van der Waals surface area contributed by atoms with E-state index in [1.807, 2.05) is 0 Å². The van der Waals surface area contributed by atoms with E-state index < -0.39 is 5.82 Å². The standard InChI is InChI=1S/C14H18FNO2/c1-10-5-4-8-12(14(10)15)18-9-13(17)16-11-6-2-3-7-11/h4-5,8,11H,2-3,6-7,9H2,1H3,(H,16,17). The van der Waals surface area contributed by atoms with E-state index >= 15 is 0 Å². The zero-order valence-electron chi connectivity index (χ0n) is 10.5.